The second kappa shape index (κ2) is 9.72. The van der Waals surface area contributed by atoms with Crippen LogP contribution in [0.5, 0.6) is 5.75 Å². The summed E-state index contributed by atoms with van der Waals surface area (Å²) in [5.41, 5.74) is 0.971. The first-order valence-corrected chi connectivity index (χ1v) is 7.84. The van der Waals surface area contributed by atoms with Gasteiger partial charge in [0.05, 0.1) is 0 Å². The topological polar surface area (TPSA) is 21.3 Å². The van der Waals surface area contributed by atoms with Gasteiger partial charge in [0.2, 0.25) is 0 Å². The van der Waals surface area contributed by atoms with Gasteiger partial charge in [0, 0.05) is 6.04 Å². The van der Waals surface area contributed by atoms with E-state index in [9.17, 15) is 8.78 Å². The number of ether oxygens (including phenoxy) is 1. The molecule has 0 saturated carbocycles. The van der Waals surface area contributed by atoms with Crippen LogP contribution in [-0.4, -0.2) is 13.2 Å². The van der Waals surface area contributed by atoms with Gasteiger partial charge in [0.25, 0.3) is 0 Å². The molecule has 1 aromatic rings. The van der Waals surface area contributed by atoms with Crippen LogP contribution in [0, 0.1) is 5.92 Å². The summed E-state index contributed by atoms with van der Waals surface area (Å²) in [5, 5.41) is 3.50. The van der Waals surface area contributed by atoms with E-state index >= 15 is 0 Å². The highest BCUT2D eigenvalue weighted by atomic mass is 19.3. The van der Waals surface area contributed by atoms with E-state index in [0.29, 0.717) is 5.92 Å². The average molecular weight is 299 g/mol. The molecule has 0 aliphatic rings. The Balaban J connectivity index is 2.52. The summed E-state index contributed by atoms with van der Waals surface area (Å²) in [7, 11) is 0. The van der Waals surface area contributed by atoms with Gasteiger partial charge in [-0.05, 0) is 43.5 Å². The zero-order chi connectivity index (χ0) is 15.7. The van der Waals surface area contributed by atoms with Crippen LogP contribution >= 0.6 is 0 Å². The second-order valence-electron chi connectivity index (χ2n) is 5.50. The number of halogens is 2. The number of nitrogens with one attached hydrogen (secondary N) is 1. The Labute approximate surface area is 126 Å². The quantitative estimate of drug-likeness (QED) is 0.644. The summed E-state index contributed by atoms with van der Waals surface area (Å²) >= 11 is 0. The van der Waals surface area contributed by atoms with Crippen molar-refractivity contribution in [2.75, 3.05) is 6.54 Å². The van der Waals surface area contributed by atoms with Crippen LogP contribution in [-0.2, 0) is 0 Å². The first-order valence-electron chi connectivity index (χ1n) is 7.84. The Hall–Kier alpha value is -1.16. The normalized spacial score (nSPS) is 14.2. The smallest absolute Gasteiger partial charge is 0.387 e. The molecule has 120 valence electrons. The monoisotopic (exact) mass is 299 g/mol. The molecule has 2 nitrogen and oxygen atoms in total. The highest BCUT2D eigenvalue weighted by Gasteiger charge is 2.11. The van der Waals surface area contributed by atoms with Crippen LogP contribution in [0.2, 0.25) is 0 Å². The molecule has 0 bridgehead atoms. The number of benzene rings is 1. The van der Waals surface area contributed by atoms with Crippen molar-refractivity contribution in [1.82, 2.24) is 5.32 Å². The Kier molecular flexibility index (Phi) is 8.28. The number of hydrogen-bond acceptors (Lipinski definition) is 2. The second-order valence-corrected chi connectivity index (χ2v) is 5.50. The molecule has 0 spiro atoms. The highest BCUT2D eigenvalue weighted by Crippen LogP contribution is 2.21. The van der Waals surface area contributed by atoms with Gasteiger partial charge in [-0.2, -0.15) is 8.78 Å². The molecule has 0 amide bonds. The first kappa shape index (κ1) is 17.9. The summed E-state index contributed by atoms with van der Waals surface area (Å²) in [5.74, 6) is 0.891. The fourth-order valence-electron chi connectivity index (χ4n) is 2.36. The van der Waals surface area contributed by atoms with E-state index in [4.69, 9.17) is 0 Å². The van der Waals surface area contributed by atoms with Crippen LogP contribution in [0.4, 0.5) is 8.78 Å². The van der Waals surface area contributed by atoms with Crippen molar-refractivity contribution in [2.45, 2.75) is 59.1 Å². The molecular weight excluding hydrogens is 272 g/mol. The lowest BCUT2D eigenvalue weighted by Gasteiger charge is -2.20. The van der Waals surface area contributed by atoms with E-state index in [1.54, 1.807) is 18.2 Å². The maximum absolute atomic E-state index is 12.2. The standard InChI is InChI=1S/C17H27F2NO/c1-4-6-8-14(5-2)12-20-13(3)15-9-7-10-16(11-15)21-17(18)19/h7,9-11,13-14,17,20H,4-6,8,12H2,1-3H3. The van der Waals surface area contributed by atoms with Crippen molar-refractivity contribution < 1.29 is 13.5 Å². The first-order chi connectivity index (χ1) is 10.1. The van der Waals surface area contributed by atoms with E-state index in [-0.39, 0.29) is 11.8 Å². The Bertz CT molecular complexity index is 398. The fraction of sp³-hybridized carbons (Fsp3) is 0.647. The third-order valence-corrected chi connectivity index (χ3v) is 3.84. The van der Waals surface area contributed by atoms with E-state index in [2.05, 4.69) is 23.9 Å². The molecule has 0 saturated heterocycles. The van der Waals surface area contributed by atoms with Gasteiger partial charge < -0.3 is 10.1 Å². The molecule has 1 rings (SSSR count). The van der Waals surface area contributed by atoms with Crippen molar-refractivity contribution in [3.63, 3.8) is 0 Å². The minimum Gasteiger partial charge on any atom is -0.435 e. The zero-order valence-electron chi connectivity index (χ0n) is 13.2. The lowest BCUT2D eigenvalue weighted by atomic mass is 9.98. The molecule has 0 heterocycles. The molecule has 2 unspecified atom stereocenters. The summed E-state index contributed by atoms with van der Waals surface area (Å²) in [6, 6.07) is 7.04. The summed E-state index contributed by atoms with van der Waals surface area (Å²) in [4.78, 5) is 0. The van der Waals surface area contributed by atoms with Crippen LogP contribution < -0.4 is 10.1 Å². The summed E-state index contributed by atoms with van der Waals surface area (Å²) in [6.45, 7) is 4.65. The van der Waals surface area contributed by atoms with Gasteiger partial charge in [0.15, 0.2) is 0 Å². The highest BCUT2D eigenvalue weighted by molar-refractivity contribution is 5.30. The molecule has 0 fully saturated rings. The molecule has 21 heavy (non-hydrogen) atoms. The van der Waals surface area contributed by atoms with Crippen molar-refractivity contribution >= 4 is 0 Å². The van der Waals surface area contributed by atoms with Gasteiger partial charge in [0.1, 0.15) is 5.75 Å². The average Bonchev–Trinajstić information content (AvgIpc) is 2.46. The SMILES string of the molecule is CCCCC(CC)CNC(C)c1cccc(OC(F)F)c1. The third kappa shape index (κ3) is 6.89. The molecule has 0 aliphatic heterocycles. The predicted octanol–water partition coefficient (Wildman–Crippen LogP) is 5.16. The van der Waals surface area contributed by atoms with Crippen molar-refractivity contribution in [3.8, 4) is 5.75 Å². The van der Waals surface area contributed by atoms with Gasteiger partial charge in [-0.15, -0.1) is 0 Å². The molecule has 1 aromatic carbocycles. The van der Waals surface area contributed by atoms with Crippen molar-refractivity contribution in [3.05, 3.63) is 29.8 Å². The van der Waals surface area contributed by atoms with Crippen LogP contribution in [0.3, 0.4) is 0 Å². The fourth-order valence-corrected chi connectivity index (χ4v) is 2.36. The molecule has 2 atom stereocenters. The van der Waals surface area contributed by atoms with E-state index in [1.165, 1.54) is 19.3 Å². The molecule has 1 N–H and O–H groups in total. The van der Waals surface area contributed by atoms with E-state index in [0.717, 1.165) is 18.5 Å². The van der Waals surface area contributed by atoms with Gasteiger partial charge in [-0.1, -0.05) is 45.2 Å². The number of rotatable bonds is 10. The van der Waals surface area contributed by atoms with Crippen molar-refractivity contribution in [1.29, 1.82) is 0 Å². The molecule has 0 aromatic heterocycles. The maximum atomic E-state index is 12.2. The third-order valence-electron chi connectivity index (χ3n) is 3.84. The zero-order valence-corrected chi connectivity index (χ0v) is 13.2. The maximum Gasteiger partial charge on any atom is 0.387 e. The van der Waals surface area contributed by atoms with E-state index < -0.39 is 6.61 Å². The lowest BCUT2D eigenvalue weighted by molar-refractivity contribution is -0.0499. The van der Waals surface area contributed by atoms with Crippen LogP contribution in [0.25, 0.3) is 0 Å². The minimum absolute atomic E-state index is 0.127. The minimum atomic E-state index is -2.78. The Morgan fingerprint density at radius 2 is 2.00 bits per heavy atom. The largest absolute Gasteiger partial charge is 0.435 e. The summed E-state index contributed by atoms with van der Waals surface area (Å²) < 4.78 is 28.9. The number of unbranched alkanes of at least 4 members (excludes halogenated alkanes) is 1. The molecule has 0 radical (unpaired) electrons. The van der Waals surface area contributed by atoms with Crippen molar-refractivity contribution in [2.24, 2.45) is 5.92 Å². The van der Waals surface area contributed by atoms with Crippen LogP contribution in [0.1, 0.15) is 58.1 Å². The lowest BCUT2D eigenvalue weighted by Crippen LogP contribution is -2.25. The predicted molar refractivity (Wildman–Crippen MR) is 82.8 cm³/mol. The molecular formula is C17H27F2NO. The number of hydrogen-bond donors (Lipinski definition) is 1. The Morgan fingerprint density at radius 3 is 2.62 bits per heavy atom. The van der Waals surface area contributed by atoms with Gasteiger partial charge >= 0.3 is 6.61 Å². The molecule has 0 aliphatic carbocycles. The van der Waals surface area contributed by atoms with Gasteiger partial charge in [-0.3, -0.25) is 0 Å². The number of alkyl halides is 2. The van der Waals surface area contributed by atoms with Crippen LogP contribution in [0.15, 0.2) is 24.3 Å². The van der Waals surface area contributed by atoms with Gasteiger partial charge in [-0.25, -0.2) is 0 Å². The Morgan fingerprint density at radius 1 is 1.24 bits per heavy atom. The summed E-state index contributed by atoms with van der Waals surface area (Å²) in [6.07, 6.45) is 4.88. The molecule has 4 heteroatoms. The van der Waals surface area contributed by atoms with E-state index in [1.807, 2.05) is 13.0 Å².